The number of nitrogens with zero attached hydrogens (tertiary/aromatic N) is 1. The number of sulfonamides is 1. The van der Waals surface area contributed by atoms with Gasteiger partial charge in [0.15, 0.2) is 0 Å². The Hall–Kier alpha value is -5.42. The van der Waals surface area contributed by atoms with Gasteiger partial charge in [-0.1, -0.05) is 36.4 Å². The van der Waals surface area contributed by atoms with Gasteiger partial charge in [-0.25, -0.2) is 12.8 Å². The monoisotopic (exact) mass is 624 g/mol. The van der Waals surface area contributed by atoms with Crippen molar-refractivity contribution >= 4 is 49.4 Å². The number of nitrogens with one attached hydrogen (secondary N) is 2. The molecule has 4 N–H and O–H groups in total. The minimum Gasteiger partial charge on any atom is -0.455 e. The van der Waals surface area contributed by atoms with Crippen LogP contribution in [0.3, 0.4) is 0 Å². The van der Waals surface area contributed by atoms with Crippen LogP contribution < -0.4 is 15.8 Å². The van der Waals surface area contributed by atoms with Crippen LogP contribution in [0.4, 0.5) is 10.1 Å². The number of amides is 2. The molecular formula is C34H29FN4O5S. The van der Waals surface area contributed by atoms with Crippen molar-refractivity contribution in [3.63, 3.8) is 0 Å². The molecule has 2 heterocycles. The minimum atomic E-state index is -3.72. The quantitative estimate of drug-likeness (QED) is 0.178. The first kappa shape index (κ1) is 29.6. The number of anilines is 1. The van der Waals surface area contributed by atoms with Crippen molar-refractivity contribution < 1.29 is 26.8 Å². The molecule has 4 aromatic carbocycles. The van der Waals surface area contributed by atoms with Crippen molar-refractivity contribution in [1.82, 2.24) is 9.88 Å². The van der Waals surface area contributed by atoms with Crippen molar-refractivity contribution in [2.24, 2.45) is 5.73 Å². The number of hydrogen-bond acceptors (Lipinski definition) is 5. The van der Waals surface area contributed by atoms with Gasteiger partial charge in [-0.2, -0.15) is 0 Å². The minimum absolute atomic E-state index is 0.0305. The molecule has 2 aromatic heterocycles. The van der Waals surface area contributed by atoms with Crippen molar-refractivity contribution in [2.45, 2.75) is 13.5 Å². The molecule has 228 valence electrons. The number of nitrogens with two attached hydrogens (primary N) is 1. The van der Waals surface area contributed by atoms with E-state index in [0.717, 1.165) is 22.2 Å². The van der Waals surface area contributed by atoms with Crippen LogP contribution in [0.25, 0.3) is 55.6 Å². The summed E-state index contributed by atoms with van der Waals surface area (Å²) in [7, 11) is -2.23. The first-order valence-electron chi connectivity index (χ1n) is 14.1. The van der Waals surface area contributed by atoms with Gasteiger partial charge in [0.25, 0.3) is 5.91 Å². The van der Waals surface area contributed by atoms with Crippen LogP contribution in [-0.2, 0) is 21.4 Å². The molecule has 0 atom stereocenters. The predicted molar refractivity (Wildman–Crippen MR) is 174 cm³/mol. The second-order valence-corrected chi connectivity index (χ2v) is 12.5. The molecule has 0 saturated heterocycles. The Bertz CT molecular complexity index is 2220. The molecule has 0 unspecified atom stereocenters. The first-order valence-corrected chi connectivity index (χ1v) is 15.8. The van der Waals surface area contributed by atoms with Crippen LogP contribution >= 0.6 is 0 Å². The lowest BCUT2D eigenvalue weighted by molar-refractivity contribution is -0.118. The molecular weight excluding hydrogens is 595 g/mol. The third-order valence-corrected chi connectivity index (χ3v) is 8.92. The highest BCUT2D eigenvalue weighted by Gasteiger charge is 2.25. The van der Waals surface area contributed by atoms with Gasteiger partial charge in [-0.3, -0.25) is 14.3 Å². The number of benzene rings is 4. The smallest absolute Gasteiger partial charge is 0.255 e. The molecule has 0 radical (unpaired) electrons. The van der Waals surface area contributed by atoms with E-state index in [4.69, 9.17) is 10.2 Å². The summed E-state index contributed by atoms with van der Waals surface area (Å²) in [5.41, 5.74) is 10.3. The molecule has 6 aromatic rings. The van der Waals surface area contributed by atoms with Crippen molar-refractivity contribution in [1.29, 1.82) is 0 Å². The van der Waals surface area contributed by atoms with E-state index in [0.29, 0.717) is 22.1 Å². The average molecular weight is 625 g/mol. The Labute approximate surface area is 258 Å². The third kappa shape index (κ3) is 5.65. The maximum Gasteiger partial charge on any atom is 0.255 e. The SMILES string of the molecule is CCS(=O)(=O)Nc1cc2oc(-c3ccc(F)cc3)c(C(=O)NC)c2cc1-c1cccc(-c2cc3ccccc3n2CC(N)=O)c1. The molecule has 45 heavy (non-hydrogen) atoms. The van der Waals surface area contributed by atoms with E-state index in [-0.39, 0.29) is 34.9 Å². The van der Waals surface area contributed by atoms with E-state index in [1.54, 1.807) is 12.1 Å². The summed E-state index contributed by atoms with van der Waals surface area (Å²) in [6, 6.07) is 25.9. The number of para-hydroxylation sites is 1. The van der Waals surface area contributed by atoms with Crippen molar-refractivity contribution in [2.75, 3.05) is 17.5 Å². The molecule has 0 saturated carbocycles. The van der Waals surface area contributed by atoms with E-state index in [2.05, 4.69) is 10.0 Å². The van der Waals surface area contributed by atoms with E-state index >= 15 is 0 Å². The van der Waals surface area contributed by atoms with Gasteiger partial charge in [0.1, 0.15) is 23.7 Å². The Kier molecular flexibility index (Phi) is 7.63. The Balaban J connectivity index is 1.60. The highest BCUT2D eigenvalue weighted by atomic mass is 32.2. The fraction of sp³-hybridized carbons (Fsp3) is 0.118. The number of carbonyl (C=O) groups excluding carboxylic acids is 2. The summed E-state index contributed by atoms with van der Waals surface area (Å²) in [5.74, 6) is -1.31. The molecule has 0 spiro atoms. The molecule has 0 aliphatic carbocycles. The lowest BCUT2D eigenvalue weighted by Crippen LogP contribution is -2.19. The van der Waals surface area contributed by atoms with Gasteiger partial charge in [0, 0.05) is 46.2 Å². The molecule has 0 bridgehead atoms. The summed E-state index contributed by atoms with van der Waals surface area (Å²) in [6.45, 7) is 1.50. The number of fused-ring (bicyclic) bond motifs is 2. The zero-order valence-corrected chi connectivity index (χ0v) is 25.2. The normalized spacial score (nSPS) is 11.6. The van der Waals surface area contributed by atoms with Gasteiger partial charge in [-0.05, 0) is 66.6 Å². The topological polar surface area (TPSA) is 136 Å². The second kappa shape index (κ2) is 11.6. The fourth-order valence-electron chi connectivity index (χ4n) is 5.48. The van der Waals surface area contributed by atoms with Crippen LogP contribution in [-0.4, -0.2) is 37.6 Å². The maximum absolute atomic E-state index is 13.7. The zero-order chi connectivity index (χ0) is 31.9. The molecule has 11 heteroatoms. The van der Waals surface area contributed by atoms with Gasteiger partial charge in [-0.15, -0.1) is 0 Å². The van der Waals surface area contributed by atoms with Crippen LogP contribution in [0.15, 0.2) is 95.4 Å². The molecule has 2 amide bonds. The van der Waals surface area contributed by atoms with Crippen LogP contribution in [0.5, 0.6) is 0 Å². The van der Waals surface area contributed by atoms with Crippen LogP contribution in [0.2, 0.25) is 0 Å². The Morgan fingerprint density at radius 1 is 0.911 bits per heavy atom. The molecule has 6 rings (SSSR count). The number of halogens is 1. The molecule has 0 aliphatic rings. The maximum atomic E-state index is 13.7. The first-order chi connectivity index (χ1) is 21.6. The van der Waals surface area contributed by atoms with Gasteiger partial charge in [0.2, 0.25) is 15.9 Å². The molecule has 0 fully saturated rings. The van der Waals surface area contributed by atoms with E-state index in [1.807, 2.05) is 59.2 Å². The van der Waals surface area contributed by atoms with E-state index in [9.17, 15) is 22.4 Å². The van der Waals surface area contributed by atoms with Crippen LogP contribution in [0, 0.1) is 5.82 Å². The number of rotatable bonds is 9. The fourth-order valence-corrected chi connectivity index (χ4v) is 6.13. The third-order valence-electron chi connectivity index (χ3n) is 7.63. The zero-order valence-electron chi connectivity index (χ0n) is 24.4. The van der Waals surface area contributed by atoms with Crippen molar-refractivity contribution in [3.8, 4) is 33.7 Å². The Morgan fingerprint density at radius 2 is 1.64 bits per heavy atom. The van der Waals surface area contributed by atoms with Crippen molar-refractivity contribution in [3.05, 3.63) is 102 Å². The number of aromatic nitrogens is 1. The second-order valence-electron chi connectivity index (χ2n) is 10.5. The van der Waals surface area contributed by atoms with Gasteiger partial charge in [0.05, 0.1) is 17.0 Å². The largest absolute Gasteiger partial charge is 0.455 e. The standard InChI is InChI=1S/C34H29FN4O5S/c1-3-45(42,43)38-27-18-30-26(32(34(41)37-2)33(44-30)20-11-13-24(35)14-12-20)17-25(27)21-8-6-9-22(15-21)29-16-23-7-4-5-10-28(23)39(29)19-31(36)40/h4-18,38H,3,19H2,1-2H3,(H2,36,40)(H,37,41). The van der Waals surface area contributed by atoms with E-state index < -0.39 is 27.7 Å². The van der Waals surface area contributed by atoms with E-state index in [1.165, 1.54) is 38.2 Å². The van der Waals surface area contributed by atoms with Crippen LogP contribution in [0.1, 0.15) is 17.3 Å². The van der Waals surface area contributed by atoms with Gasteiger partial charge >= 0.3 is 0 Å². The Morgan fingerprint density at radius 3 is 2.36 bits per heavy atom. The average Bonchev–Trinajstić information content (AvgIpc) is 3.58. The lowest BCUT2D eigenvalue weighted by Gasteiger charge is -2.14. The molecule has 9 nitrogen and oxygen atoms in total. The summed E-state index contributed by atoms with van der Waals surface area (Å²) >= 11 is 0. The molecule has 0 aliphatic heterocycles. The van der Waals surface area contributed by atoms with Gasteiger partial charge < -0.3 is 20.0 Å². The number of primary amides is 1. The number of hydrogen-bond donors (Lipinski definition) is 3. The summed E-state index contributed by atoms with van der Waals surface area (Å²) in [4.78, 5) is 25.2. The summed E-state index contributed by atoms with van der Waals surface area (Å²) in [6.07, 6.45) is 0. The summed E-state index contributed by atoms with van der Waals surface area (Å²) in [5, 5.41) is 4.01. The summed E-state index contributed by atoms with van der Waals surface area (Å²) < 4.78 is 50.0. The highest BCUT2D eigenvalue weighted by molar-refractivity contribution is 7.92. The lowest BCUT2D eigenvalue weighted by atomic mass is 9.97. The number of carbonyl (C=O) groups is 2. The number of furan rings is 1. The predicted octanol–water partition coefficient (Wildman–Crippen LogP) is 6.13. The highest BCUT2D eigenvalue weighted by Crippen LogP contribution is 2.41.